The minimum Gasteiger partial charge on any atom is -0.349 e. The van der Waals surface area contributed by atoms with Gasteiger partial charge in [-0.05, 0) is 46.7 Å². The van der Waals surface area contributed by atoms with Crippen molar-refractivity contribution in [1.29, 1.82) is 0 Å². The zero-order chi connectivity index (χ0) is 15.0. The molecule has 0 aliphatic carbocycles. The topological polar surface area (TPSA) is 18.8 Å². The molecule has 0 N–H and O–H groups in total. The van der Waals surface area contributed by atoms with Gasteiger partial charge in [-0.25, -0.2) is 0 Å². The second kappa shape index (κ2) is 11.6. The lowest BCUT2D eigenvalue weighted by Crippen LogP contribution is -2.35. The van der Waals surface area contributed by atoms with Crippen molar-refractivity contribution in [3.8, 4) is 0 Å². The molecule has 120 valence electrons. The highest BCUT2D eigenvalue weighted by atomic mass is 127. The van der Waals surface area contributed by atoms with Gasteiger partial charge in [0, 0.05) is 44.1 Å². The largest absolute Gasteiger partial charge is 0.349 e. The molecule has 0 unspecified atom stereocenters. The highest BCUT2D eigenvalue weighted by molar-refractivity contribution is 14.0. The molecule has 0 fully saturated rings. The second-order valence-corrected chi connectivity index (χ2v) is 6.95. The van der Waals surface area contributed by atoms with Gasteiger partial charge in [-0.3, -0.25) is 4.99 Å². The maximum atomic E-state index is 4.63. The van der Waals surface area contributed by atoms with Crippen molar-refractivity contribution in [3.63, 3.8) is 0 Å². The van der Waals surface area contributed by atoms with Gasteiger partial charge in [-0.1, -0.05) is 12.1 Å². The number of nitrogens with zero attached hydrogens (tertiary/aromatic N) is 3. The van der Waals surface area contributed by atoms with E-state index in [0.29, 0.717) is 0 Å². The molecule has 3 nitrogen and oxygen atoms in total. The van der Waals surface area contributed by atoms with Crippen LogP contribution in [0.1, 0.15) is 12.8 Å². The molecule has 1 aromatic rings. The van der Waals surface area contributed by atoms with Crippen molar-refractivity contribution in [2.24, 2.45) is 4.99 Å². The molecule has 0 amide bonds. The van der Waals surface area contributed by atoms with Crippen LogP contribution in [0.2, 0.25) is 0 Å². The molecule has 21 heavy (non-hydrogen) atoms. The van der Waals surface area contributed by atoms with Crippen molar-refractivity contribution in [2.75, 3.05) is 40.5 Å². The summed E-state index contributed by atoms with van der Waals surface area (Å²) < 4.78 is 1.19. The first-order valence-corrected chi connectivity index (χ1v) is 8.56. The minimum absolute atomic E-state index is 0. The predicted octanol–water partition coefficient (Wildman–Crippen LogP) is 4.42. The summed E-state index contributed by atoms with van der Waals surface area (Å²) in [5, 5.41) is 0. The molecular weight excluding hydrogens is 461 g/mol. The van der Waals surface area contributed by atoms with Crippen molar-refractivity contribution >= 4 is 57.6 Å². The van der Waals surface area contributed by atoms with E-state index in [0.717, 1.165) is 24.7 Å². The summed E-state index contributed by atoms with van der Waals surface area (Å²) in [4.78, 5) is 10.1. The normalized spacial score (nSPS) is 9.76. The first-order chi connectivity index (χ1) is 9.52. The number of guanidine groups is 1. The number of halogens is 2. The van der Waals surface area contributed by atoms with Crippen LogP contribution < -0.4 is 0 Å². The Kier molecular flexibility index (Phi) is 11.6. The van der Waals surface area contributed by atoms with Gasteiger partial charge in [0.25, 0.3) is 0 Å². The molecule has 0 spiro atoms. The molecular formula is C15H25BrIN3S. The van der Waals surface area contributed by atoms with Crippen molar-refractivity contribution in [2.45, 2.75) is 17.7 Å². The SMILES string of the molecule is CN(C)C(=NCCCCSc1ccccc1Br)N(C)C.I. The Labute approximate surface area is 158 Å². The van der Waals surface area contributed by atoms with Crippen molar-refractivity contribution in [1.82, 2.24) is 9.80 Å². The Morgan fingerprint density at radius 2 is 1.71 bits per heavy atom. The highest BCUT2D eigenvalue weighted by Gasteiger charge is 2.03. The van der Waals surface area contributed by atoms with E-state index in [2.05, 4.69) is 48.9 Å². The van der Waals surface area contributed by atoms with Crippen LogP contribution in [0.25, 0.3) is 0 Å². The van der Waals surface area contributed by atoms with Gasteiger partial charge in [-0.2, -0.15) is 0 Å². The number of hydrogen-bond acceptors (Lipinski definition) is 2. The minimum atomic E-state index is 0. The van der Waals surface area contributed by atoms with E-state index in [1.54, 1.807) is 0 Å². The third-order valence-electron chi connectivity index (χ3n) is 2.70. The Morgan fingerprint density at radius 3 is 2.29 bits per heavy atom. The average Bonchev–Trinajstić information content (AvgIpc) is 2.38. The molecule has 0 aliphatic heterocycles. The molecule has 0 aromatic heterocycles. The number of hydrogen-bond donors (Lipinski definition) is 0. The zero-order valence-electron chi connectivity index (χ0n) is 13.2. The third-order valence-corrected chi connectivity index (χ3v) is 4.81. The summed E-state index contributed by atoms with van der Waals surface area (Å²) in [6.45, 7) is 0.891. The quantitative estimate of drug-likeness (QED) is 0.195. The summed E-state index contributed by atoms with van der Waals surface area (Å²) in [5.41, 5.74) is 0. The van der Waals surface area contributed by atoms with Crippen molar-refractivity contribution in [3.05, 3.63) is 28.7 Å². The van der Waals surface area contributed by atoms with Gasteiger partial charge in [0.15, 0.2) is 5.96 Å². The fourth-order valence-corrected chi connectivity index (χ4v) is 3.40. The van der Waals surface area contributed by atoms with E-state index in [9.17, 15) is 0 Å². The Bertz CT molecular complexity index is 429. The van der Waals surface area contributed by atoms with E-state index < -0.39 is 0 Å². The van der Waals surface area contributed by atoms with Gasteiger partial charge in [0.1, 0.15) is 0 Å². The van der Waals surface area contributed by atoms with Crippen LogP contribution in [0.4, 0.5) is 0 Å². The highest BCUT2D eigenvalue weighted by Crippen LogP contribution is 2.27. The van der Waals surface area contributed by atoms with Crippen LogP contribution in [0, 0.1) is 0 Å². The fraction of sp³-hybridized carbons (Fsp3) is 0.533. The summed E-state index contributed by atoms with van der Waals surface area (Å²) in [6.07, 6.45) is 2.31. The van der Waals surface area contributed by atoms with Crippen LogP contribution in [0.5, 0.6) is 0 Å². The van der Waals surface area contributed by atoms with E-state index in [-0.39, 0.29) is 24.0 Å². The maximum absolute atomic E-state index is 4.63. The molecule has 0 saturated heterocycles. The predicted molar refractivity (Wildman–Crippen MR) is 109 cm³/mol. The number of unbranched alkanes of at least 4 members (excludes halogenated alkanes) is 1. The lowest BCUT2D eigenvalue weighted by Gasteiger charge is -2.22. The van der Waals surface area contributed by atoms with Crippen LogP contribution in [0.3, 0.4) is 0 Å². The molecule has 1 rings (SSSR count). The van der Waals surface area contributed by atoms with Gasteiger partial charge in [0.05, 0.1) is 0 Å². The summed E-state index contributed by atoms with van der Waals surface area (Å²) in [6, 6.07) is 8.38. The summed E-state index contributed by atoms with van der Waals surface area (Å²) in [7, 11) is 8.12. The van der Waals surface area contributed by atoms with E-state index in [1.165, 1.54) is 15.8 Å². The molecule has 1 aromatic carbocycles. The molecule has 0 aliphatic rings. The summed E-state index contributed by atoms with van der Waals surface area (Å²) >= 11 is 5.48. The number of aliphatic imine (C=N–C) groups is 1. The molecule has 0 saturated carbocycles. The number of benzene rings is 1. The van der Waals surface area contributed by atoms with Crippen molar-refractivity contribution < 1.29 is 0 Å². The van der Waals surface area contributed by atoms with Crippen LogP contribution in [-0.2, 0) is 0 Å². The smallest absolute Gasteiger partial charge is 0.195 e. The number of rotatable bonds is 6. The average molecular weight is 486 g/mol. The zero-order valence-corrected chi connectivity index (χ0v) is 17.9. The number of thioether (sulfide) groups is 1. The van der Waals surface area contributed by atoms with Crippen LogP contribution in [0.15, 0.2) is 38.6 Å². The maximum Gasteiger partial charge on any atom is 0.195 e. The molecule has 0 atom stereocenters. The first kappa shape index (κ1) is 21.0. The van der Waals surface area contributed by atoms with Crippen LogP contribution in [-0.4, -0.2) is 56.2 Å². The van der Waals surface area contributed by atoms with Gasteiger partial charge in [0.2, 0.25) is 0 Å². The van der Waals surface area contributed by atoms with Gasteiger partial charge in [-0.15, -0.1) is 35.7 Å². The Morgan fingerprint density at radius 1 is 1.10 bits per heavy atom. The van der Waals surface area contributed by atoms with Crippen LogP contribution >= 0.6 is 51.7 Å². The lowest BCUT2D eigenvalue weighted by atomic mass is 10.3. The monoisotopic (exact) mass is 485 g/mol. The summed E-state index contributed by atoms with van der Waals surface area (Å²) in [5.74, 6) is 2.17. The van der Waals surface area contributed by atoms with Gasteiger partial charge >= 0.3 is 0 Å². The van der Waals surface area contributed by atoms with E-state index in [4.69, 9.17) is 0 Å². The molecule has 0 heterocycles. The Hall–Kier alpha value is 0.0500. The second-order valence-electron chi connectivity index (χ2n) is 4.96. The fourth-order valence-electron chi connectivity index (χ4n) is 1.82. The first-order valence-electron chi connectivity index (χ1n) is 6.79. The molecule has 6 heteroatoms. The lowest BCUT2D eigenvalue weighted by molar-refractivity contribution is 0.479. The third kappa shape index (κ3) is 8.30. The Balaban J connectivity index is 0.00000400. The molecule has 0 bridgehead atoms. The van der Waals surface area contributed by atoms with E-state index in [1.807, 2.05) is 46.0 Å². The van der Waals surface area contributed by atoms with Gasteiger partial charge < -0.3 is 9.80 Å². The molecule has 0 radical (unpaired) electrons. The standard InChI is InChI=1S/C15H24BrN3S.HI/c1-18(2)15(19(3)4)17-11-7-8-12-20-14-10-6-5-9-13(14)16;/h5-6,9-10H,7-8,11-12H2,1-4H3;1H. The van der Waals surface area contributed by atoms with E-state index >= 15 is 0 Å².